The number of carbonyl (C=O) groups excluding carboxylic acids is 1. The minimum atomic E-state index is -0.841. The Morgan fingerprint density at radius 1 is 1.25 bits per heavy atom. The molecule has 0 saturated heterocycles. The summed E-state index contributed by atoms with van der Waals surface area (Å²) in [6, 6.07) is 11.0. The maximum atomic E-state index is 12.9. The number of furan rings is 1. The van der Waals surface area contributed by atoms with Gasteiger partial charge in [0, 0.05) is 5.02 Å². The third kappa shape index (κ3) is 3.35. The first kappa shape index (κ1) is 17.1. The standard InChI is InChI=1S/C19H22ClNO3/c1-13-4-9-17(24-13)16(22)12-21-18(23)19(10-2-3-11-19)14-5-7-15(20)8-6-14/h4-9,16,22H,2-3,10-12H2,1H3,(H,21,23)/t16-/m0/s1. The molecule has 0 bridgehead atoms. The fourth-order valence-corrected chi connectivity index (χ4v) is 3.61. The Morgan fingerprint density at radius 2 is 1.92 bits per heavy atom. The highest BCUT2D eigenvalue weighted by Crippen LogP contribution is 2.41. The molecule has 3 rings (SSSR count). The lowest BCUT2D eigenvalue weighted by atomic mass is 9.78. The number of halogens is 1. The van der Waals surface area contributed by atoms with E-state index >= 15 is 0 Å². The molecule has 1 heterocycles. The molecule has 1 saturated carbocycles. The summed E-state index contributed by atoms with van der Waals surface area (Å²) in [5, 5.41) is 13.8. The second kappa shape index (κ2) is 6.99. The molecular formula is C19H22ClNO3. The minimum Gasteiger partial charge on any atom is -0.464 e. The van der Waals surface area contributed by atoms with Gasteiger partial charge in [-0.05, 0) is 49.6 Å². The van der Waals surface area contributed by atoms with Gasteiger partial charge >= 0.3 is 0 Å². The predicted molar refractivity (Wildman–Crippen MR) is 93.0 cm³/mol. The summed E-state index contributed by atoms with van der Waals surface area (Å²) >= 11 is 5.97. The number of aliphatic hydroxyl groups is 1. The maximum Gasteiger partial charge on any atom is 0.230 e. The van der Waals surface area contributed by atoms with Crippen LogP contribution in [0.2, 0.25) is 5.02 Å². The molecule has 1 aromatic heterocycles. The first-order valence-corrected chi connectivity index (χ1v) is 8.68. The van der Waals surface area contributed by atoms with Crippen LogP contribution in [-0.2, 0) is 10.2 Å². The molecule has 24 heavy (non-hydrogen) atoms. The van der Waals surface area contributed by atoms with Crippen molar-refractivity contribution in [2.45, 2.75) is 44.1 Å². The van der Waals surface area contributed by atoms with Crippen molar-refractivity contribution in [1.82, 2.24) is 5.32 Å². The van der Waals surface area contributed by atoms with Crippen molar-refractivity contribution in [3.63, 3.8) is 0 Å². The van der Waals surface area contributed by atoms with E-state index in [1.807, 2.05) is 31.2 Å². The lowest BCUT2D eigenvalue weighted by Crippen LogP contribution is -2.44. The summed E-state index contributed by atoms with van der Waals surface area (Å²) < 4.78 is 5.41. The predicted octanol–water partition coefficient (Wildman–Crippen LogP) is 3.90. The Kier molecular flexibility index (Phi) is 4.97. The van der Waals surface area contributed by atoms with Gasteiger partial charge in [0.05, 0.1) is 12.0 Å². The van der Waals surface area contributed by atoms with E-state index in [2.05, 4.69) is 5.32 Å². The molecule has 1 fully saturated rings. The molecule has 0 spiro atoms. The molecule has 2 N–H and O–H groups in total. The summed E-state index contributed by atoms with van der Waals surface area (Å²) in [6.07, 6.45) is 2.84. The van der Waals surface area contributed by atoms with Gasteiger partial charge in [-0.15, -0.1) is 0 Å². The highest BCUT2D eigenvalue weighted by Gasteiger charge is 2.42. The normalized spacial score (nSPS) is 17.6. The van der Waals surface area contributed by atoms with E-state index in [4.69, 9.17) is 16.0 Å². The van der Waals surface area contributed by atoms with Crippen molar-refractivity contribution in [1.29, 1.82) is 0 Å². The van der Waals surface area contributed by atoms with Crippen LogP contribution in [0.5, 0.6) is 0 Å². The molecule has 2 aromatic rings. The first-order chi connectivity index (χ1) is 11.5. The summed E-state index contributed by atoms with van der Waals surface area (Å²) in [7, 11) is 0. The number of hydrogen-bond acceptors (Lipinski definition) is 3. The SMILES string of the molecule is Cc1ccc([C@@H](O)CNC(=O)C2(c3ccc(Cl)cc3)CCCC2)o1. The fourth-order valence-electron chi connectivity index (χ4n) is 3.49. The van der Waals surface area contributed by atoms with Gasteiger partial charge in [-0.2, -0.15) is 0 Å². The van der Waals surface area contributed by atoms with Crippen molar-refractivity contribution < 1.29 is 14.3 Å². The third-order valence-electron chi connectivity index (χ3n) is 4.83. The highest BCUT2D eigenvalue weighted by molar-refractivity contribution is 6.30. The van der Waals surface area contributed by atoms with E-state index in [1.54, 1.807) is 12.1 Å². The molecule has 1 atom stereocenters. The van der Waals surface area contributed by atoms with Crippen LogP contribution in [-0.4, -0.2) is 17.6 Å². The summed E-state index contributed by atoms with van der Waals surface area (Å²) in [5.74, 6) is 1.17. The van der Waals surface area contributed by atoms with Crippen LogP contribution in [0, 0.1) is 6.92 Å². The topological polar surface area (TPSA) is 62.5 Å². The summed E-state index contributed by atoms with van der Waals surface area (Å²) in [5.41, 5.74) is 0.467. The van der Waals surface area contributed by atoms with Crippen LogP contribution < -0.4 is 5.32 Å². The number of aliphatic hydroxyl groups excluding tert-OH is 1. The van der Waals surface area contributed by atoms with Crippen LogP contribution in [0.1, 0.15) is 48.9 Å². The number of carbonyl (C=O) groups is 1. The van der Waals surface area contributed by atoms with Gasteiger partial charge in [-0.3, -0.25) is 4.79 Å². The number of benzene rings is 1. The summed E-state index contributed by atoms with van der Waals surface area (Å²) in [6.45, 7) is 1.96. The second-order valence-corrected chi connectivity index (χ2v) is 6.91. The van der Waals surface area contributed by atoms with Crippen LogP contribution in [0.15, 0.2) is 40.8 Å². The van der Waals surface area contributed by atoms with Crippen molar-refractivity contribution in [3.8, 4) is 0 Å². The van der Waals surface area contributed by atoms with Crippen molar-refractivity contribution in [2.24, 2.45) is 0 Å². The van der Waals surface area contributed by atoms with Crippen LogP contribution in [0.3, 0.4) is 0 Å². The van der Waals surface area contributed by atoms with Gasteiger partial charge in [0.25, 0.3) is 0 Å². The van der Waals surface area contributed by atoms with E-state index in [0.29, 0.717) is 10.8 Å². The third-order valence-corrected chi connectivity index (χ3v) is 5.09. The monoisotopic (exact) mass is 347 g/mol. The Labute approximate surface area is 146 Å². The number of nitrogens with one attached hydrogen (secondary N) is 1. The van der Waals surface area contributed by atoms with Gasteiger partial charge in [-0.25, -0.2) is 0 Å². The molecular weight excluding hydrogens is 326 g/mol. The van der Waals surface area contributed by atoms with Gasteiger partial charge in [0.15, 0.2) is 0 Å². The van der Waals surface area contributed by atoms with E-state index in [0.717, 1.165) is 37.0 Å². The number of amides is 1. The molecule has 0 unspecified atom stereocenters. The molecule has 0 radical (unpaired) electrons. The molecule has 1 aromatic carbocycles. The van der Waals surface area contributed by atoms with Crippen LogP contribution in [0.25, 0.3) is 0 Å². The minimum absolute atomic E-state index is 0.0374. The summed E-state index contributed by atoms with van der Waals surface area (Å²) in [4.78, 5) is 12.9. The largest absolute Gasteiger partial charge is 0.464 e. The lowest BCUT2D eigenvalue weighted by molar-refractivity contribution is -0.127. The zero-order valence-electron chi connectivity index (χ0n) is 13.7. The van der Waals surface area contributed by atoms with Crippen molar-refractivity contribution in [3.05, 3.63) is 58.5 Å². The Bertz CT molecular complexity index is 702. The smallest absolute Gasteiger partial charge is 0.230 e. The average molecular weight is 348 g/mol. The first-order valence-electron chi connectivity index (χ1n) is 8.30. The molecule has 1 aliphatic rings. The lowest BCUT2D eigenvalue weighted by Gasteiger charge is -2.28. The molecule has 5 heteroatoms. The molecule has 0 aliphatic heterocycles. The molecule has 1 aliphatic carbocycles. The van der Waals surface area contributed by atoms with Gasteiger partial charge in [-0.1, -0.05) is 36.6 Å². The van der Waals surface area contributed by atoms with Gasteiger partial charge in [0.2, 0.25) is 5.91 Å². The Morgan fingerprint density at radius 3 is 2.50 bits per heavy atom. The van der Waals surface area contributed by atoms with E-state index < -0.39 is 11.5 Å². The maximum absolute atomic E-state index is 12.9. The van der Waals surface area contributed by atoms with Crippen molar-refractivity contribution in [2.75, 3.05) is 6.54 Å². The van der Waals surface area contributed by atoms with Gasteiger partial charge in [0.1, 0.15) is 17.6 Å². The number of aryl methyl sites for hydroxylation is 1. The van der Waals surface area contributed by atoms with E-state index in [9.17, 15) is 9.90 Å². The molecule has 4 nitrogen and oxygen atoms in total. The quantitative estimate of drug-likeness (QED) is 0.862. The van der Waals surface area contributed by atoms with Crippen LogP contribution in [0.4, 0.5) is 0 Å². The second-order valence-electron chi connectivity index (χ2n) is 6.47. The zero-order chi connectivity index (χ0) is 17.2. The fraction of sp³-hybridized carbons (Fsp3) is 0.421. The Hall–Kier alpha value is -1.78. The highest BCUT2D eigenvalue weighted by atomic mass is 35.5. The zero-order valence-corrected chi connectivity index (χ0v) is 14.5. The Balaban J connectivity index is 1.72. The molecule has 1 amide bonds. The van der Waals surface area contributed by atoms with Crippen molar-refractivity contribution >= 4 is 17.5 Å². The van der Waals surface area contributed by atoms with E-state index in [-0.39, 0.29) is 12.5 Å². The average Bonchev–Trinajstić information content (AvgIpc) is 3.23. The van der Waals surface area contributed by atoms with Gasteiger partial charge < -0.3 is 14.8 Å². The molecule has 128 valence electrons. The number of rotatable bonds is 5. The number of hydrogen-bond donors (Lipinski definition) is 2. The van der Waals surface area contributed by atoms with E-state index in [1.165, 1.54) is 0 Å². The van der Waals surface area contributed by atoms with Crippen LogP contribution >= 0.6 is 11.6 Å².